The van der Waals surface area contributed by atoms with Crippen LogP contribution in [0.15, 0.2) is 59.1 Å². The zero-order chi connectivity index (χ0) is 19.2. The largest absolute Gasteiger partial charge is 0.480 e. The van der Waals surface area contributed by atoms with Crippen molar-refractivity contribution in [1.82, 2.24) is 15.0 Å². The number of aryl methyl sites for hydroxylation is 1. The molecule has 0 aliphatic carbocycles. The lowest BCUT2D eigenvalue weighted by atomic mass is 10.2. The summed E-state index contributed by atoms with van der Waals surface area (Å²) in [5.41, 5.74) is 1.87. The highest BCUT2D eigenvalue weighted by molar-refractivity contribution is 5.81. The van der Waals surface area contributed by atoms with Gasteiger partial charge < -0.3 is 14.2 Å². The molecule has 3 rings (SSSR count). The van der Waals surface area contributed by atoms with E-state index in [9.17, 15) is 4.79 Å². The summed E-state index contributed by atoms with van der Waals surface area (Å²) in [6.45, 7) is 4.11. The van der Waals surface area contributed by atoms with E-state index in [0.717, 1.165) is 16.9 Å². The molecule has 1 heterocycles. The molecule has 0 aliphatic heterocycles. The number of rotatable bonds is 7. The van der Waals surface area contributed by atoms with Gasteiger partial charge in [-0.1, -0.05) is 60.6 Å². The van der Waals surface area contributed by atoms with Crippen LogP contribution < -0.4 is 4.74 Å². The number of para-hydroxylation sites is 1. The minimum atomic E-state index is -0.562. The van der Waals surface area contributed by atoms with Gasteiger partial charge in [-0.05, 0) is 25.0 Å². The molecular weight excluding hydrogens is 342 g/mol. The van der Waals surface area contributed by atoms with Gasteiger partial charge in [0.05, 0.1) is 6.54 Å². The lowest BCUT2D eigenvalue weighted by Crippen LogP contribution is -2.39. The lowest BCUT2D eigenvalue weighted by molar-refractivity contribution is -0.138. The van der Waals surface area contributed by atoms with Crippen molar-refractivity contribution in [2.45, 2.75) is 32.9 Å². The predicted molar refractivity (Wildman–Crippen MR) is 102 cm³/mol. The van der Waals surface area contributed by atoms with Crippen molar-refractivity contribution in [3.8, 4) is 17.1 Å². The lowest BCUT2D eigenvalue weighted by Gasteiger charge is -2.23. The van der Waals surface area contributed by atoms with Crippen LogP contribution in [0.2, 0.25) is 0 Å². The Bertz CT molecular complexity index is 892. The smallest absolute Gasteiger partial charge is 0.263 e. The maximum Gasteiger partial charge on any atom is 0.263 e. The summed E-state index contributed by atoms with van der Waals surface area (Å²) < 4.78 is 11.2. The Hall–Kier alpha value is -3.15. The fourth-order valence-corrected chi connectivity index (χ4v) is 2.70. The van der Waals surface area contributed by atoms with Crippen molar-refractivity contribution in [1.29, 1.82) is 0 Å². The predicted octanol–water partition coefficient (Wildman–Crippen LogP) is 3.86. The molecule has 2 aromatic carbocycles. The number of nitrogens with zero attached hydrogens (tertiary/aromatic N) is 3. The van der Waals surface area contributed by atoms with Crippen LogP contribution in [0.1, 0.15) is 24.8 Å². The number of amides is 1. The Labute approximate surface area is 158 Å². The summed E-state index contributed by atoms with van der Waals surface area (Å²) in [7, 11) is 1.71. The van der Waals surface area contributed by atoms with Gasteiger partial charge in [0.25, 0.3) is 5.91 Å². The fourth-order valence-electron chi connectivity index (χ4n) is 2.70. The minimum Gasteiger partial charge on any atom is -0.480 e. The zero-order valence-electron chi connectivity index (χ0n) is 15.8. The Morgan fingerprint density at radius 3 is 2.56 bits per heavy atom. The monoisotopic (exact) mass is 365 g/mol. The molecule has 6 heteroatoms. The summed E-state index contributed by atoms with van der Waals surface area (Å²) in [6, 6.07) is 17.2. The van der Waals surface area contributed by atoms with Crippen LogP contribution in [-0.2, 0) is 11.3 Å². The molecule has 6 nitrogen and oxygen atoms in total. The fraction of sp³-hybridized carbons (Fsp3) is 0.286. The molecule has 0 aliphatic rings. The summed E-state index contributed by atoms with van der Waals surface area (Å²) >= 11 is 0. The van der Waals surface area contributed by atoms with E-state index in [-0.39, 0.29) is 12.5 Å². The van der Waals surface area contributed by atoms with E-state index >= 15 is 0 Å². The number of likely N-dealkylation sites (N-methyl/N-ethyl adjacent to an activating group) is 1. The van der Waals surface area contributed by atoms with E-state index in [1.54, 1.807) is 11.9 Å². The molecule has 0 bridgehead atoms. The van der Waals surface area contributed by atoms with Crippen molar-refractivity contribution in [3.05, 3.63) is 66.1 Å². The molecule has 27 heavy (non-hydrogen) atoms. The van der Waals surface area contributed by atoms with E-state index in [2.05, 4.69) is 10.1 Å². The third-order valence-electron chi connectivity index (χ3n) is 4.26. The number of benzene rings is 2. The Balaban J connectivity index is 1.66. The second kappa shape index (κ2) is 8.49. The summed E-state index contributed by atoms with van der Waals surface area (Å²) in [5, 5.41) is 3.99. The first-order valence-corrected chi connectivity index (χ1v) is 8.93. The molecule has 0 saturated carbocycles. The molecule has 3 aromatic rings. The van der Waals surface area contributed by atoms with Crippen LogP contribution in [0.4, 0.5) is 0 Å². The van der Waals surface area contributed by atoms with Crippen molar-refractivity contribution in [2.24, 2.45) is 0 Å². The maximum absolute atomic E-state index is 12.8. The molecule has 0 N–H and O–H groups in total. The molecule has 0 radical (unpaired) electrons. The summed E-state index contributed by atoms with van der Waals surface area (Å²) in [4.78, 5) is 18.7. The van der Waals surface area contributed by atoms with Crippen LogP contribution >= 0.6 is 0 Å². The van der Waals surface area contributed by atoms with Gasteiger partial charge in [-0.25, -0.2) is 0 Å². The van der Waals surface area contributed by atoms with Crippen LogP contribution in [0, 0.1) is 6.92 Å². The van der Waals surface area contributed by atoms with Crippen molar-refractivity contribution in [2.75, 3.05) is 7.05 Å². The zero-order valence-corrected chi connectivity index (χ0v) is 15.8. The van der Waals surface area contributed by atoms with Crippen LogP contribution in [0.3, 0.4) is 0 Å². The number of hydrogen-bond donors (Lipinski definition) is 0. The Morgan fingerprint density at radius 2 is 1.85 bits per heavy atom. The van der Waals surface area contributed by atoms with Crippen molar-refractivity contribution < 1.29 is 14.1 Å². The van der Waals surface area contributed by atoms with Gasteiger partial charge in [-0.3, -0.25) is 4.79 Å². The average Bonchev–Trinajstić information content (AvgIpc) is 3.16. The van der Waals surface area contributed by atoms with Gasteiger partial charge >= 0.3 is 0 Å². The third kappa shape index (κ3) is 4.53. The molecule has 1 atom stereocenters. The van der Waals surface area contributed by atoms with Crippen molar-refractivity contribution in [3.63, 3.8) is 0 Å². The van der Waals surface area contributed by atoms with E-state index in [0.29, 0.717) is 18.1 Å². The first kappa shape index (κ1) is 18.6. The van der Waals surface area contributed by atoms with Crippen LogP contribution in [0.25, 0.3) is 11.4 Å². The number of carbonyl (C=O) groups excluding carboxylic acids is 1. The molecular formula is C21H23N3O3. The Morgan fingerprint density at radius 1 is 1.15 bits per heavy atom. The number of ether oxygens (including phenoxy) is 1. The van der Waals surface area contributed by atoms with E-state index in [1.165, 1.54) is 0 Å². The normalized spacial score (nSPS) is 11.8. The molecule has 0 spiro atoms. The molecule has 1 amide bonds. The van der Waals surface area contributed by atoms with Gasteiger partial charge in [0.15, 0.2) is 6.10 Å². The molecule has 0 fully saturated rings. The topological polar surface area (TPSA) is 68.5 Å². The number of carbonyl (C=O) groups is 1. The number of aromatic nitrogens is 2. The second-order valence-electron chi connectivity index (χ2n) is 6.35. The average molecular weight is 365 g/mol. The summed E-state index contributed by atoms with van der Waals surface area (Å²) in [5.74, 6) is 1.49. The highest BCUT2D eigenvalue weighted by atomic mass is 16.5. The molecule has 0 unspecified atom stereocenters. The SMILES string of the molecule is CC[C@H](Oc1ccccc1C)C(=O)N(C)Cc1nc(-c2ccccc2)no1. The molecule has 0 saturated heterocycles. The Kier molecular flexibility index (Phi) is 5.86. The van der Waals surface area contributed by atoms with E-state index in [4.69, 9.17) is 9.26 Å². The highest BCUT2D eigenvalue weighted by Gasteiger charge is 2.24. The second-order valence-corrected chi connectivity index (χ2v) is 6.35. The van der Waals surface area contributed by atoms with Gasteiger partial charge in [-0.15, -0.1) is 0 Å². The van der Waals surface area contributed by atoms with Gasteiger partial charge in [0, 0.05) is 12.6 Å². The highest BCUT2D eigenvalue weighted by Crippen LogP contribution is 2.20. The minimum absolute atomic E-state index is 0.125. The van der Waals surface area contributed by atoms with Gasteiger partial charge in [-0.2, -0.15) is 4.98 Å². The maximum atomic E-state index is 12.8. The third-order valence-corrected chi connectivity index (χ3v) is 4.26. The first-order valence-electron chi connectivity index (χ1n) is 8.93. The van der Waals surface area contributed by atoms with Gasteiger partial charge in [0.2, 0.25) is 11.7 Å². The van der Waals surface area contributed by atoms with E-state index in [1.807, 2.05) is 68.4 Å². The van der Waals surface area contributed by atoms with Crippen LogP contribution in [0.5, 0.6) is 5.75 Å². The standard InChI is InChI=1S/C21H23N3O3/c1-4-17(26-18-13-9-8-10-15(18)2)21(25)24(3)14-19-22-20(23-27-19)16-11-6-5-7-12-16/h5-13,17H,4,14H2,1-3H3/t17-/m0/s1. The first-order chi connectivity index (χ1) is 13.1. The quantitative estimate of drug-likeness (QED) is 0.636. The molecule has 1 aromatic heterocycles. The molecule has 140 valence electrons. The number of hydrogen-bond acceptors (Lipinski definition) is 5. The van der Waals surface area contributed by atoms with E-state index < -0.39 is 6.10 Å². The van der Waals surface area contributed by atoms with Crippen LogP contribution in [-0.4, -0.2) is 34.1 Å². The van der Waals surface area contributed by atoms with Crippen molar-refractivity contribution >= 4 is 5.91 Å². The summed E-state index contributed by atoms with van der Waals surface area (Å²) in [6.07, 6.45) is 0.00368. The van der Waals surface area contributed by atoms with Gasteiger partial charge in [0.1, 0.15) is 5.75 Å².